The predicted molar refractivity (Wildman–Crippen MR) is 107 cm³/mol. The van der Waals surface area contributed by atoms with Gasteiger partial charge >= 0.3 is 0 Å². The maximum absolute atomic E-state index is 5.99. The molecule has 0 amide bonds. The van der Waals surface area contributed by atoms with Crippen molar-refractivity contribution < 1.29 is 42.6 Å². The minimum atomic E-state index is -2.92. The number of hydrogen-bond donors (Lipinski definition) is 0. The zero-order chi connectivity index (χ0) is 22.2. The van der Waals surface area contributed by atoms with E-state index < -0.39 is 43.3 Å². The molecule has 0 saturated heterocycles. The van der Waals surface area contributed by atoms with Crippen molar-refractivity contribution in [1.82, 2.24) is 0 Å². The van der Waals surface area contributed by atoms with E-state index >= 15 is 0 Å². The minimum absolute atomic E-state index is 0.526. The predicted octanol–water partition coefficient (Wildman–Crippen LogP) is 0.903. The van der Waals surface area contributed by atoms with Crippen LogP contribution in [0.1, 0.15) is 20.8 Å². The molecule has 0 aliphatic carbocycles. The molecule has 0 radical (unpaired) electrons. The fraction of sp³-hybridized carbons (Fsp3) is 1.00. The summed E-state index contributed by atoms with van der Waals surface area (Å²) < 4.78 is 52.9. The van der Waals surface area contributed by atoms with Gasteiger partial charge in [-0.3, -0.25) is 0 Å². The molecule has 3 atom stereocenters. The summed E-state index contributed by atoms with van der Waals surface area (Å²) in [7, 11) is 11.1. The van der Waals surface area contributed by atoms with Crippen LogP contribution in [-0.4, -0.2) is 107 Å². The average molecular weight is 429 g/mol. The summed E-state index contributed by atoms with van der Waals surface area (Å²) in [6, 6.07) is 0. The molecular formula is C18H40O9Si. The molecule has 28 heavy (non-hydrogen) atoms. The summed E-state index contributed by atoms with van der Waals surface area (Å²) in [6.07, 6.45) is -1.58. The number of rotatable bonds is 15. The van der Waals surface area contributed by atoms with Gasteiger partial charge in [0.25, 0.3) is 8.80 Å². The van der Waals surface area contributed by atoms with Crippen LogP contribution in [0.25, 0.3) is 0 Å². The van der Waals surface area contributed by atoms with Gasteiger partial charge in [-0.05, 0) is 20.8 Å². The third-order valence-corrected chi connectivity index (χ3v) is 11.1. The van der Waals surface area contributed by atoms with Crippen molar-refractivity contribution in [2.75, 3.05) is 64.0 Å². The van der Waals surface area contributed by atoms with E-state index in [9.17, 15) is 0 Å². The first-order chi connectivity index (χ1) is 13.2. The average Bonchev–Trinajstić information content (AvgIpc) is 2.75. The maximum Gasteiger partial charge on any atom is 0.257 e. The van der Waals surface area contributed by atoms with Gasteiger partial charge in [0.1, 0.15) is 18.3 Å². The Labute approximate surface area is 171 Å². The molecule has 0 aromatic carbocycles. The SMILES string of the molecule is COC(C)C(OC)(OC)[SiH](C(OC)(OC)C(C)OC)C(OC)(OC)C(C)OC. The van der Waals surface area contributed by atoms with Gasteiger partial charge in [0.05, 0.1) is 0 Å². The Bertz CT molecular complexity index is 363. The fourth-order valence-electron chi connectivity index (χ4n) is 3.99. The zero-order valence-corrected chi connectivity index (χ0v) is 20.6. The molecule has 0 aliphatic rings. The summed E-state index contributed by atoms with van der Waals surface area (Å²) in [4.78, 5) is 0. The number of ether oxygens (including phenoxy) is 9. The first kappa shape index (κ1) is 27.9. The second-order valence-corrected chi connectivity index (χ2v) is 9.74. The lowest BCUT2D eigenvalue weighted by atomic mass is 10.3. The molecule has 9 nitrogen and oxygen atoms in total. The molecule has 170 valence electrons. The quantitative estimate of drug-likeness (QED) is 0.279. The van der Waals surface area contributed by atoms with Crippen molar-refractivity contribution in [2.45, 2.75) is 55.3 Å². The highest BCUT2D eigenvalue weighted by Gasteiger charge is 2.71. The van der Waals surface area contributed by atoms with Gasteiger partial charge in [0.2, 0.25) is 0 Å². The highest BCUT2D eigenvalue weighted by Crippen LogP contribution is 2.43. The normalized spacial score (nSPS) is 18.0. The van der Waals surface area contributed by atoms with E-state index in [4.69, 9.17) is 42.6 Å². The van der Waals surface area contributed by atoms with Crippen LogP contribution >= 0.6 is 0 Å². The lowest BCUT2D eigenvalue weighted by Crippen LogP contribution is -2.82. The third kappa shape index (κ3) is 4.46. The number of hydrogen-bond acceptors (Lipinski definition) is 9. The standard InChI is InChI=1S/C18H40O9Si/c1-13(19-4)16(22-7,23-8)28(17(24-9,25-10)14(2)20-5)18(26-11,27-12)15(3)21-6/h13-15,28H,1-12H3. The molecule has 0 aromatic heterocycles. The van der Waals surface area contributed by atoms with Gasteiger partial charge in [-0.2, -0.15) is 0 Å². The van der Waals surface area contributed by atoms with E-state index in [0.717, 1.165) is 0 Å². The molecule has 0 N–H and O–H groups in total. The summed E-state index contributed by atoms with van der Waals surface area (Å²) in [5.41, 5.74) is -3.90. The minimum Gasteiger partial charge on any atom is -0.377 e. The Hall–Kier alpha value is -0.143. The van der Waals surface area contributed by atoms with Crippen molar-refractivity contribution in [1.29, 1.82) is 0 Å². The van der Waals surface area contributed by atoms with Crippen LogP contribution in [0.5, 0.6) is 0 Å². The first-order valence-electron chi connectivity index (χ1n) is 9.07. The second kappa shape index (κ2) is 11.9. The van der Waals surface area contributed by atoms with Crippen molar-refractivity contribution in [2.24, 2.45) is 0 Å². The fourth-order valence-corrected chi connectivity index (χ4v) is 8.90. The van der Waals surface area contributed by atoms with Gasteiger partial charge in [-0.1, -0.05) is 0 Å². The third-order valence-electron chi connectivity index (χ3n) is 5.88. The molecule has 0 saturated carbocycles. The molecule has 0 heterocycles. The van der Waals surface area contributed by atoms with Crippen LogP contribution in [0, 0.1) is 0 Å². The van der Waals surface area contributed by atoms with Crippen LogP contribution in [0.2, 0.25) is 0 Å². The Morgan fingerprint density at radius 3 is 0.714 bits per heavy atom. The van der Waals surface area contributed by atoms with E-state index in [-0.39, 0.29) is 0 Å². The van der Waals surface area contributed by atoms with Gasteiger partial charge < -0.3 is 42.6 Å². The summed E-state index contributed by atoms with van der Waals surface area (Å²) in [6.45, 7) is 5.52. The van der Waals surface area contributed by atoms with E-state index in [0.29, 0.717) is 0 Å². The van der Waals surface area contributed by atoms with Gasteiger partial charge in [0.15, 0.2) is 16.2 Å². The Balaban J connectivity index is 7.27. The zero-order valence-electron chi connectivity index (χ0n) is 19.5. The smallest absolute Gasteiger partial charge is 0.257 e. The monoisotopic (exact) mass is 428 g/mol. The summed E-state index contributed by atoms with van der Waals surface area (Å²) >= 11 is 0. The highest BCUT2D eigenvalue weighted by atomic mass is 28.3. The first-order valence-corrected chi connectivity index (χ1v) is 10.8. The number of methoxy groups -OCH3 is 9. The van der Waals surface area contributed by atoms with E-state index in [1.54, 1.807) is 64.0 Å². The van der Waals surface area contributed by atoms with Gasteiger partial charge in [0, 0.05) is 64.0 Å². The Morgan fingerprint density at radius 2 is 0.607 bits per heavy atom. The molecule has 3 unspecified atom stereocenters. The molecule has 0 aromatic rings. The van der Waals surface area contributed by atoms with E-state index in [2.05, 4.69) is 0 Å². The van der Waals surface area contributed by atoms with Crippen LogP contribution in [-0.2, 0) is 42.6 Å². The van der Waals surface area contributed by atoms with Crippen molar-refractivity contribution >= 4 is 8.80 Å². The molecule has 0 aliphatic heterocycles. The van der Waals surface area contributed by atoms with E-state index in [1.165, 1.54) is 0 Å². The van der Waals surface area contributed by atoms with E-state index in [1.807, 2.05) is 20.8 Å². The van der Waals surface area contributed by atoms with Gasteiger partial charge in [-0.25, -0.2) is 0 Å². The van der Waals surface area contributed by atoms with Crippen molar-refractivity contribution in [3.05, 3.63) is 0 Å². The lowest BCUT2D eigenvalue weighted by molar-refractivity contribution is -0.282. The van der Waals surface area contributed by atoms with Crippen LogP contribution < -0.4 is 0 Å². The highest BCUT2D eigenvalue weighted by molar-refractivity contribution is 6.67. The molecule has 0 fully saturated rings. The van der Waals surface area contributed by atoms with Crippen LogP contribution in [0.15, 0.2) is 0 Å². The molecule has 0 spiro atoms. The van der Waals surface area contributed by atoms with Crippen molar-refractivity contribution in [3.63, 3.8) is 0 Å². The molecule has 0 rings (SSSR count). The molecule has 10 heteroatoms. The second-order valence-electron chi connectivity index (χ2n) is 6.46. The topological polar surface area (TPSA) is 83.1 Å². The van der Waals surface area contributed by atoms with Crippen LogP contribution in [0.4, 0.5) is 0 Å². The molecule has 0 bridgehead atoms. The van der Waals surface area contributed by atoms with Crippen LogP contribution in [0.3, 0.4) is 0 Å². The maximum atomic E-state index is 5.99. The Kier molecular flexibility index (Phi) is 11.8. The summed E-state index contributed by atoms with van der Waals surface area (Å²) in [5.74, 6) is 0. The lowest BCUT2D eigenvalue weighted by Gasteiger charge is -2.56. The summed E-state index contributed by atoms with van der Waals surface area (Å²) in [5, 5.41) is 0. The molecular weight excluding hydrogens is 388 g/mol. The largest absolute Gasteiger partial charge is 0.377 e. The Morgan fingerprint density at radius 1 is 0.429 bits per heavy atom. The van der Waals surface area contributed by atoms with Crippen molar-refractivity contribution in [3.8, 4) is 0 Å². The van der Waals surface area contributed by atoms with Gasteiger partial charge in [-0.15, -0.1) is 0 Å².